The summed E-state index contributed by atoms with van der Waals surface area (Å²) in [4.78, 5) is 30.4. The van der Waals surface area contributed by atoms with Crippen LogP contribution in [0.3, 0.4) is 0 Å². The van der Waals surface area contributed by atoms with Crippen molar-refractivity contribution in [3.8, 4) is 11.3 Å². The molecule has 1 heterocycles. The molecule has 0 bridgehead atoms. The second-order valence-corrected chi connectivity index (χ2v) is 7.78. The topological polar surface area (TPSA) is 74.3 Å². The van der Waals surface area contributed by atoms with Gasteiger partial charge in [-0.3, -0.25) is 14.5 Å². The second-order valence-electron chi connectivity index (χ2n) is 6.92. The van der Waals surface area contributed by atoms with Gasteiger partial charge in [0.25, 0.3) is 0 Å². The molecule has 0 aliphatic rings. The molecule has 1 aromatic heterocycles. The van der Waals surface area contributed by atoms with Gasteiger partial charge in [-0.2, -0.15) is 0 Å². The highest BCUT2D eigenvalue weighted by atomic mass is 32.1. The third-order valence-corrected chi connectivity index (χ3v) is 5.31. The molecular weight excluding hydrogens is 441 g/mol. The smallest absolute Gasteiger partial charge is 0.240 e. The van der Waals surface area contributed by atoms with E-state index in [1.165, 1.54) is 18.2 Å². The van der Waals surface area contributed by atoms with Crippen molar-refractivity contribution >= 4 is 28.3 Å². The lowest BCUT2D eigenvalue weighted by molar-refractivity contribution is -0.123. The predicted octanol–water partition coefficient (Wildman–Crippen LogP) is 3.80. The molecule has 0 fully saturated rings. The van der Waals surface area contributed by atoms with Gasteiger partial charge in [-0.15, -0.1) is 11.3 Å². The molecule has 2 aromatic carbocycles. The monoisotopic (exact) mass is 462 g/mol. The Bertz CT molecular complexity index is 1090. The van der Waals surface area contributed by atoms with Crippen molar-refractivity contribution < 1.29 is 22.8 Å². The van der Waals surface area contributed by atoms with Gasteiger partial charge < -0.3 is 10.6 Å². The van der Waals surface area contributed by atoms with E-state index in [-0.39, 0.29) is 37.3 Å². The second kappa shape index (κ2) is 10.9. The average molecular weight is 462 g/mol. The highest BCUT2D eigenvalue weighted by Gasteiger charge is 2.15. The fraction of sp³-hybridized carbons (Fsp3) is 0.227. The molecule has 2 N–H and O–H groups in total. The Balaban J connectivity index is 1.49. The maximum absolute atomic E-state index is 13.4. The van der Waals surface area contributed by atoms with Crippen molar-refractivity contribution in [2.24, 2.45) is 0 Å². The van der Waals surface area contributed by atoms with Crippen LogP contribution < -0.4 is 10.6 Å². The summed E-state index contributed by atoms with van der Waals surface area (Å²) in [5, 5.41) is 7.32. The van der Waals surface area contributed by atoms with Gasteiger partial charge in [-0.25, -0.2) is 18.2 Å². The summed E-state index contributed by atoms with van der Waals surface area (Å²) in [6.07, 6.45) is 0. The van der Waals surface area contributed by atoms with Crippen molar-refractivity contribution in [3.63, 3.8) is 0 Å². The van der Waals surface area contributed by atoms with Crippen LogP contribution in [0.4, 0.5) is 18.3 Å². The fourth-order valence-electron chi connectivity index (χ4n) is 2.82. The Morgan fingerprint density at radius 1 is 1.00 bits per heavy atom. The quantitative estimate of drug-likeness (QED) is 0.507. The molecular formula is C22H21F3N4O2S. The maximum Gasteiger partial charge on any atom is 0.240 e. The standard InChI is InChI=1S/C22H21F3N4O2S/c1-2-29(11-20(30)26-10-14-3-6-16(23)7-4-14)12-21(31)28-22-27-19(13-32-22)15-5-8-17(24)18(25)9-15/h3-9,13H,2,10-12H2,1H3,(H,26,30)(H,27,28,31). The Kier molecular flexibility index (Phi) is 7.96. The first kappa shape index (κ1) is 23.4. The first-order chi connectivity index (χ1) is 15.3. The molecule has 0 aliphatic carbocycles. The van der Waals surface area contributed by atoms with Crippen LogP contribution >= 0.6 is 11.3 Å². The van der Waals surface area contributed by atoms with E-state index in [0.29, 0.717) is 22.9 Å². The number of likely N-dealkylation sites (N-methyl/N-ethyl adjacent to an activating group) is 1. The van der Waals surface area contributed by atoms with Gasteiger partial charge in [0, 0.05) is 17.5 Å². The van der Waals surface area contributed by atoms with Gasteiger partial charge in [0.15, 0.2) is 16.8 Å². The molecule has 3 rings (SSSR count). The highest BCUT2D eigenvalue weighted by molar-refractivity contribution is 7.14. The third-order valence-electron chi connectivity index (χ3n) is 4.55. The van der Waals surface area contributed by atoms with Crippen molar-refractivity contribution in [3.05, 3.63) is 70.9 Å². The molecule has 10 heteroatoms. The van der Waals surface area contributed by atoms with Crippen LogP contribution in [0.2, 0.25) is 0 Å². The van der Waals surface area contributed by atoms with Crippen molar-refractivity contribution in [2.45, 2.75) is 13.5 Å². The zero-order valence-corrected chi connectivity index (χ0v) is 18.0. The first-order valence-electron chi connectivity index (χ1n) is 9.78. The highest BCUT2D eigenvalue weighted by Crippen LogP contribution is 2.26. The van der Waals surface area contributed by atoms with Crippen LogP contribution in [0.15, 0.2) is 47.8 Å². The van der Waals surface area contributed by atoms with Crippen LogP contribution in [-0.4, -0.2) is 41.3 Å². The summed E-state index contributed by atoms with van der Waals surface area (Å²) in [5.74, 6) is -2.89. The molecule has 32 heavy (non-hydrogen) atoms. The van der Waals surface area contributed by atoms with Gasteiger partial charge in [0.05, 0.1) is 18.8 Å². The van der Waals surface area contributed by atoms with E-state index < -0.39 is 11.6 Å². The summed E-state index contributed by atoms with van der Waals surface area (Å²) in [6, 6.07) is 9.28. The van der Waals surface area contributed by atoms with Crippen LogP contribution in [0.25, 0.3) is 11.3 Å². The van der Waals surface area contributed by atoms with Gasteiger partial charge in [0.1, 0.15) is 5.82 Å². The SMILES string of the molecule is CCN(CC(=O)NCc1ccc(F)cc1)CC(=O)Nc1nc(-c2ccc(F)c(F)c2)cs1. The summed E-state index contributed by atoms with van der Waals surface area (Å²) in [7, 11) is 0. The minimum Gasteiger partial charge on any atom is -0.351 e. The number of anilines is 1. The molecule has 3 aromatic rings. The van der Waals surface area contributed by atoms with Crippen LogP contribution in [0.5, 0.6) is 0 Å². The third kappa shape index (κ3) is 6.63. The van der Waals surface area contributed by atoms with Crippen molar-refractivity contribution in [1.29, 1.82) is 0 Å². The minimum absolute atomic E-state index is 0.0170. The van der Waals surface area contributed by atoms with E-state index in [1.807, 2.05) is 6.92 Å². The number of halogens is 3. The van der Waals surface area contributed by atoms with Crippen LogP contribution in [0.1, 0.15) is 12.5 Å². The Morgan fingerprint density at radius 3 is 2.41 bits per heavy atom. The number of rotatable bonds is 9. The van der Waals surface area contributed by atoms with Crippen LogP contribution in [0, 0.1) is 17.5 Å². The fourth-order valence-corrected chi connectivity index (χ4v) is 3.56. The summed E-state index contributed by atoms with van der Waals surface area (Å²) in [5.41, 5.74) is 1.58. The largest absolute Gasteiger partial charge is 0.351 e. The van der Waals surface area contributed by atoms with Gasteiger partial charge in [0.2, 0.25) is 11.8 Å². The Labute approximate surface area is 187 Å². The number of benzene rings is 2. The summed E-state index contributed by atoms with van der Waals surface area (Å²) < 4.78 is 39.4. The van der Waals surface area contributed by atoms with E-state index in [0.717, 1.165) is 29.0 Å². The van der Waals surface area contributed by atoms with E-state index in [2.05, 4.69) is 15.6 Å². The van der Waals surface area contributed by atoms with E-state index >= 15 is 0 Å². The molecule has 0 unspecified atom stereocenters. The normalized spacial score (nSPS) is 10.9. The number of nitrogens with one attached hydrogen (secondary N) is 2. The number of hydrogen-bond acceptors (Lipinski definition) is 5. The Morgan fingerprint density at radius 2 is 1.72 bits per heavy atom. The molecule has 0 saturated heterocycles. The molecule has 0 saturated carbocycles. The Hall–Kier alpha value is -3.24. The zero-order chi connectivity index (χ0) is 23.1. The maximum atomic E-state index is 13.4. The predicted molar refractivity (Wildman–Crippen MR) is 116 cm³/mol. The lowest BCUT2D eigenvalue weighted by atomic mass is 10.2. The first-order valence-corrected chi connectivity index (χ1v) is 10.7. The number of aromatic nitrogens is 1. The summed E-state index contributed by atoms with van der Waals surface area (Å²) >= 11 is 1.15. The number of amides is 2. The molecule has 0 aliphatic heterocycles. The lowest BCUT2D eigenvalue weighted by Gasteiger charge is -2.19. The molecule has 6 nitrogen and oxygen atoms in total. The molecule has 2 amide bonds. The summed E-state index contributed by atoms with van der Waals surface area (Å²) in [6.45, 7) is 2.54. The van der Waals surface area contributed by atoms with E-state index in [9.17, 15) is 22.8 Å². The van der Waals surface area contributed by atoms with Gasteiger partial charge in [-0.1, -0.05) is 19.1 Å². The number of nitrogens with zero attached hydrogens (tertiary/aromatic N) is 2. The number of thiazole rings is 1. The molecule has 0 atom stereocenters. The number of carbonyl (C=O) groups excluding carboxylic acids is 2. The molecule has 0 radical (unpaired) electrons. The zero-order valence-electron chi connectivity index (χ0n) is 17.2. The van der Waals surface area contributed by atoms with Crippen molar-refractivity contribution in [2.75, 3.05) is 25.0 Å². The van der Waals surface area contributed by atoms with Crippen molar-refractivity contribution in [1.82, 2.24) is 15.2 Å². The lowest BCUT2D eigenvalue weighted by Crippen LogP contribution is -2.40. The van der Waals surface area contributed by atoms with Gasteiger partial charge >= 0.3 is 0 Å². The number of hydrogen-bond donors (Lipinski definition) is 2. The molecule has 0 spiro atoms. The van der Waals surface area contributed by atoms with E-state index in [4.69, 9.17) is 0 Å². The average Bonchev–Trinajstić information content (AvgIpc) is 3.23. The van der Waals surface area contributed by atoms with Gasteiger partial charge in [-0.05, 0) is 42.4 Å². The van der Waals surface area contributed by atoms with Crippen LogP contribution in [-0.2, 0) is 16.1 Å². The number of carbonyl (C=O) groups is 2. The minimum atomic E-state index is -0.975. The van der Waals surface area contributed by atoms with E-state index in [1.54, 1.807) is 22.4 Å². The molecule has 168 valence electrons.